The molecule has 4 rings (SSSR count). The van der Waals surface area contributed by atoms with Crippen LogP contribution < -0.4 is 10.6 Å². The van der Waals surface area contributed by atoms with Crippen LogP contribution >= 0.6 is 0 Å². The molecule has 0 saturated heterocycles. The van der Waals surface area contributed by atoms with Gasteiger partial charge in [0.05, 0.1) is 5.69 Å². The summed E-state index contributed by atoms with van der Waals surface area (Å²) in [5.74, 6) is 0.942. The number of anilines is 1. The van der Waals surface area contributed by atoms with Gasteiger partial charge in [0.1, 0.15) is 5.76 Å². The van der Waals surface area contributed by atoms with E-state index in [-0.39, 0.29) is 11.9 Å². The number of carbonyl (C=O) groups is 1. The number of aryl methyl sites for hydroxylation is 2. The first-order chi connectivity index (χ1) is 13.0. The summed E-state index contributed by atoms with van der Waals surface area (Å²) in [4.78, 5) is 12.3. The Bertz CT molecular complexity index is 987. The van der Waals surface area contributed by atoms with E-state index in [0.717, 1.165) is 29.1 Å². The number of urea groups is 1. The molecule has 2 aromatic carbocycles. The van der Waals surface area contributed by atoms with E-state index in [1.807, 2.05) is 19.9 Å². The molecule has 0 saturated carbocycles. The lowest BCUT2D eigenvalue weighted by Gasteiger charge is -2.14. The maximum Gasteiger partial charge on any atom is 0.319 e. The minimum Gasteiger partial charge on any atom is -0.361 e. The minimum absolute atomic E-state index is 0.136. The molecule has 138 valence electrons. The molecule has 2 N–H and O–H groups in total. The molecular formula is C22H23N3O2. The van der Waals surface area contributed by atoms with Crippen molar-refractivity contribution in [1.82, 2.24) is 10.5 Å². The molecule has 0 aliphatic heterocycles. The maximum absolute atomic E-state index is 12.3. The van der Waals surface area contributed by atoms with Gasteiger partial charge in [-0.1, -0.05) is 42.4 Å². The van der Waals surface area contributed by atoms with Crippen LogP contribution in [0.3, 0.4) is 0 Å². The molecule has 0 bridgehead atoms. The first-order valence-electron chi connectivity index (χ1n) is 9.21. The Morgan fingerprint density at radius 2 is 1.93 bits per heavy atom. The molecule has 0 fully saturated rings. The Labute approximate surface area is 158 Å². The summed E-state index contributed by atoms with van der Waals surface area (Å²) in [5.41, 5.74) is 7.87. The van der Waals surface area contributed by atoms with Gasteiger partial charge < -0.3 is 15.2 Å². The number of benzene rings is 2. The third-order valence-corrected chi connectivity index (χ3v) is 5.20. The summed E-state index contributed by atoms with van der Waals surface area (Å²) < 4.78 is 5.21. The van der Waals surface area contributed by atoms with Gasteiger partial charge in [0, 0.05) is 23.7 Å². The van der Waals surface area contributed by atoms with Crippen LogP contribution in [0, 0.1) is 13.8 Å². The Balaban J connectivity index is 1.39. The highest BCUT2D eigenvalue weighted by Gasteiger charge is 2.19. The first kappa shape index (κ1) is 17.3. The molecule has 1 atom stereocenters. The monoisotopic (exact) mass is 361 g/mol. The van der Waals surface area contributed by atoms with Crippen molar-refractivity contribution < 1.29 is 9.32 Å². The van der Waals surface area contributed by atoms with E-state index in [1.54, 1.807) is 0 Å². The van der Waals surface area contributed by atoms with E-state index in [4.69, 9.17) is 4.52 Å². The number of rotatable bonds is 4. The molecular weight excluding hydrogens is 338 g/mol. The van der Waals surface area contributed by atoms with E-state index in [1.165, 1.54) is 22.3 Å². The zero-order valence-corrected chi connectivity index (χ0v) is 15.8. The Morgan fingerprint density at radius 3 is 2.70 bits per heavy atom. The molecule has 27 heavy (non-hydrogen) atoms. The van der Waals surface area contributed by atoms with Crippen LogP contribution in [0.15, 0.2) is 47.0 Å². The summed E-state index contributed by atoms with van der Waals surface area (Å²) >= 11 is 0. The Morgan fingerprint density at radius 1 is 1.15 bits per heavy atom. The zero-order valence-electron chi connectivity index (χ0n) is 15.8. The standard InChI is InChI=1S/C22H23N3O2/c1-13(21-14(2)25-27-15(21)3)12-23-22(26)24-18-8-9-20-17(11-18)10-16-6-4-5-7-19(16)20/h4-9,11,13H,10,12H2,1-3H3,(H2,23,24,26)/t13-/m1/s1. The molecule has 5 nitrogen and oxygen atoms in total. The topological polar surface area (TPSA) is 67.2 Å². The van der Waals surface area contributed by atoms with E-state index in [9.17, 15) is 4.79 Å². The predicted octanol–water partition coefficient (Wildman–Crippen LogP) is 4.79. The second-order valence-corrected chi connectivity index (χ2v) is 7.18. The van der Waals surface area contributed by atoms with Crippen LogP contribution in [0.2, 0.25) is 0 Å². The van der Waals surface area contributed by atoms with Crippen LogP contribution in [0.1, 0.15) is 41.0 Å². The average Bonchev–Trinajstić information content (AvgIpc) is 3.19. The number of carbonyl (C=O) groups excluding carboxylic acids is 1. The van der Waals surface area contributed by atoms with Crippen LogP contribution in [0.4, 0.5) is 10.5 Å². The summed E-state index contributed by atoms with van der Waals surface area (Å²) in [6.45, 7) is 6.39. The van der Waals surface area contributed by atoms with Crippen molar-refractivity contribution >= 4 is 11.7 Å². The largest absolute Gasteiger partial charge is 0.361 e. The molecule has 1 aliphatic rings. The molecule has 3 aromatic rings. The lowest BCUT2D eigenvalue weighted by Crippen LogP contribution is -2.32. The van der Waals surface area contributed by atoms with Gasteiger partial charge >= 0.3 is 6.03 Å². The van der Waals surface area contributed by atoms with E-state index in [0.29, 0.717) is 6.54 Å². The van der Waals surface area contributed by atoms with Gasteiger partial charge in [0.15, 0.2) is 0 Å². The number of nitrogens with one attached hydrogen (secondary N) is 2. The van der Waals surface area contributed by atoms with E-state index >= 15 is 0 Å². The van der Waals surface area contributed by atoms with E-state index in [2.05, 4.69) is 59.1 Å². The highest BCUT2D eigenvalue weighted by atomic mass is 16.5. The number of amides is 2. The van der Waals surface area contributed by atoms with Gasteiger partial charge in [-0.25, -0.2) is 4.79 Å². The Hall–Kier alpha value is -3.08. The molecule has 5 heteroatoms. The molecule has 0 unspecified atom stereocenters. The Kier molecular flexibility index (Phi) is 4.44. The number of hydrogen-bond donors (Lipinski definition) is 2. The highest BCUT2D eigenvalue weighted by Crippen LogP contribution is 2.37. The van der Waals surface area contributed by atoms with Crippen molar-refractivity contribution in [1.29, 1.82) is 0 Å². The number of fused-ring (bicyclic) bond motifs is 3. The summed E-state index contributed by atoms with van der Waals surface area (Å²) in [5, 5.41) is 9.86. The fraction of sp³-hybridized carbons (Fsp3) is 0.273. The van der Waals surface area contributed by atoms with Gasteiger partial charge in [0.25, 0.3) is 0 Å². The van der Waals surface area contributed by atoms with Crippen molar-refractivity contribution in [3.8, 4) is 11.1 Å². The van der Waals surface area contributed by atoms with Gasteiger partial charge in [-0.05, 0) is 54.7 Å². The minimum atomic E-state index is -0.205. The van der Waals surface area contributed by atoms with E-state index < -0.39 is 0 Å². The summed E-state index contributed by atoms with van der Waals surface area (Å²) in [6, 6.07) is 14.3. The van der Waals surface area contributed by atoms with Gasteiger partial charge in [-0.3, -0.25) is 0 Å². The van der Waals surface area contributed by atoms with Crippen molar-refractivity contribution in [3.05, 3.63) is 70.6 Å². The summed E-state index contributed by atoms with van der Waals surface area (Å²) in [7, 11) is 0. The third kappa shape index (κ3) is 3.33. The zero-order chi connectivity index (χ0) is 19.0. The van der Waals surface area contributed by atoms with Gasteiger partial charge in [-0.2, -0.15) is 0 Å². The van der Waals surface area contributed by atoms with Crippen molar-refractivity contribution in [2.24, 2.45) is 0 Å². The first-order valence-corrected chi connectivity index (χ1v) is 9.21. The van der Waals surface area contributed by atoms with Crippen LogP contribution in [0.25, 0.3) is 11.1 Å². The number of nitrogens with zero attached hydrogens (tertiary/aromatic N) is 1. The van der Waals surface area contributed by atoms with Crippen molar-refractivity contribution in [2.75, 3.05) is 11.9 Å². The highest BCUT2D eigenvalue weighted by molar-refractivity contribution is 5.90. The molecule has 0 spiro atoms. The number of aromatic nitrogens is 1. The van der Waals surface area contributed by atoms with Crippen molar-refractivity contribution in [3.63, 3.8) is 0 Å². The molecule has 1 aliphatic carbocycles. The van der Waals surface area contributed by atoms with Crippen LogP contribution in [-0.4, -0.2) is 17.7 Å². The fourth-order valence-corrected chi connectivity index (χ4v) is 3.94. The van der Waals surface area contributed by atoms with Crippen molar-refractivity contribution in [2.45, 2.75) is 33.1 Å². The SMILES string of the molecule is Cc1noc(C)c1[C@H](C)CNC(=O)Nc1ccc2c(c1)Cc1ccccc1-2. The normalized spacial score (nSPS) is 13.0. The quantitative estimate of drug-likeness (QED) is 0.549. The predicted molar refractivity (Wildman–Crippen MR) is 106 cm³/mol. The molecule has 2 amide bonds. The molecule has 1 heterocycles. The van der Waals surface area contributed by atoms with Crippen LogP contribution in [-0.2, 0) is 6.42 Å². The average molecular weight is 361 g/mol. The van der Waals surface area contributed by atoms with Gasteiger partial charge in [0.2, 0.25) is 0 Å². The van der Waals surface area contributed by atoms with Crippen LogP contribution in [0.5, 0.6) is 0 Å². The number of hydrogen-bond acceptors (Lipinski definition) is 3. The lowest BCUT2D eigenvalue weighted by atomic mass is 10.00. The maximum atomic E-state index is 12.3. The smallest absolute Gasteiger partial charge is 0.319 e. The lowest BCUT2D eigenvalue weighted by molar-refractivity contribution is 0.251. The second-order valence-electron chi connectivity index (χ2n) is 7.18. The summed E-state index contributed by atoms with van der Waals surface area (Å²) in [6.07, 6.45) is 0.908. The molecule has 0 radical (unpaired) electrons. The third-order valence-electron chi connectivity index (χ3n) is 5.20. The van der Waals surface area contributed by atoms with Gasteiger partial charge in [-0.15, -0.1) is 0 Å². The molecule has 1 aromatic heterocycles. The fourth-order valence-electron chi connectivity index (χ4n) is 3.94. The second kappa shape index (κ2) is 6.91.